The molecule has 0 aliphatic rings. The zero-order valence-electron chi connectivity index (χ0n) is 67.7. The molecule has 0 aromatic carbocycles. The van der Waals surface area contributed by atoms with E-state index < -0.39 is 97.5 Å². The maximum Gasteiger partial charge on any atom is 0.472 e. The molecular weight excluding hydrogens is 1400 g/mol. The number of unbranched alkanes of at least 4 members (excludes halogenated alkanes) is 28. The van der Waals surface area contributed by atoms with Crippen LogP contribution in [-0.2, 0) is 65.4 Å². The third-order valence-corrected chi connectivity index (χ3v) is 19.2. The second-order valence-electron chi connectivity index (χ2n) is 27.6. The van der Waals surface area contributed by atoms with Crippen molar-refractivity contribution in [1.29, 1.82) is 0 Å². The van der Waals surface area contributed by atoms with Gasteiger partial charge in [0.15, 0.2) is 12.2 Å². The van der Waals surface area contributed by atoms with Gasteiger partial charge >= 0.3 is 39.5 Å². The Balaban J connectivity index is 5.44. The number of aliphatic hydroxyl groups excluding tert-OH is 1. The van der Waals surface area contributed by atoms with E-state index in [9.17, 15) is 43.2 Å². The highest BCUT2D eigenvalue weighted by molar-refractivity contribution is 7.47. The molecule has 3 N–H and O–H groups in total. The second kappa shape index (κ2) is 80.0. The SMILES string of the molecule is CC/C=C\C/C=C\C/C=C\C/C=C\C/C=C\CCCC(=O)OCC(COP(=O)(O)OCC(O)COP(=O)(O)OCC(COC(=O)CCCCCCCC/C=C\C/C=C\C/C=C\CCCCC)OC(=O)CCCCCCC/C=C\CCCCCCCC)OC(=O)CCCCCCCCC/C=C\C/C=C\C/C=C\CC. The molecule has 0 fully saturated rings. The predicted molar refractivity (Wildman–Crippen MR) is 445 cm³/mol. The number of rotatable bonds is 78. The molecule has 0 aromatic heterocycles. The van der Waals surface area contributed by atoms with E-state index in [1.165, 1.54) is 57.8 Å². The van der Waals surface area contributed by atoms with E-state index in [0.717, 1.165) is 193 Å². The fraction of sp³-hybridized carbons (Fsp3) is 0.685. The van der Waals surface area contributed by atoms with E-state index in [1.807, 2.05) is 12.2 Å². The lowest BCUT2D eigenvalue weighted by molar-refractivity contribution is -0.161. The summed E-state index contributed by atoms with van der Waals surface area (Å²) in [5.41, 5.74) is 0. The quantitative estimate of drug-likeness (QED) is 0.0169. The van der Waals surface area contributed by atoms with Gasteiger partial charge in [0.1, 0.15) is 19.3 Å². The highest BCUT2D eigenvalue weighted by Gasteiger charge is 2.30. The Morgan fingerprint density at radius 3 is 0.806 bits per heavy atom. The number of allylic oxidation sites excluding steroid dienone is 24. The van der Waals surface area contributed by atoms with Crippen LogP contribution >= 0.6 is 15.6 Å². The molecule has 0 radical (unpaired) electrons. The minimum Gasteiger partial charge on any atom is -0.462 e. The first kappa shape index (κ1) is 103. The Morgan fingerprint density at radius 2 is 0.491 bits per heavy atom. The molecule has 0 spiro atoms. The van der Waals surface area contributed by atoms with Crippen molar-refractivity contribution in [3.8, 4) is 0 Å². The van der Waals surface area contributed by atoms with Crippen LogP contribution in [0.3, 0.4) is 0 Å². The summed E-state index contributed by atoms with van der Waals surface area (Å²) in [6.45, 7) is 4.55. The summed E-state index contributed by atoms with van der Waals surface area (Å²) in [6.07, 6.45) is 92.4. The molecule has 0 rings (SSSR count). The van der Waals surface area contributed by atoms with E-state index in [1.54, 1.807) is 0 Å². The van der Waals surface area contributed by atoms with E-state index in [2.05, 4.69) is 161 Å². The summed E-state index contributed by atoms with van der Waals surface area (Å²) in [4.78, 5) is 73.2. The number of hydrogen-bond acceptors (Lipinski definition) is 15. The third-order valence-electron chi connectivity index (χ3n) is 17.3. The first-order valence-electron chi connectivity index (χ1n) is 42.1. The Morgan fingerprint density at radius 1 is 0.269 bits per heavy atom. The van der Waals surface area contributed by atoms with Gasteiger partial charge in [-0.1, -0.05) is 296 Å². The lowest BCUT2D eigenvalue weighted by Crippen LogP contribution is -2.30. The van der Waals surface area contributed by atoms with E-state index in [0.29, 0.717) is 32.1 Å². The van der Waals surface area contributed by atoms with Crippen molar-refractivity contribution >= 4 is 39.5 Å². The van der Waals surface area contributed by atoms with Crippen molar-refractivity contribution < 1.29 is 80.2 Å². The van der Waals surface area contributed by atoms with E-state index in [-0.39, 0.29) is 25.7 Å². The molecule has 0 bridgehead atoms. The molecule has 618 valence electrons. The number of aliphatic hydroxyl groups is 1. The molecule has 5 atom stereocenters. The van der Waals surface area contributed by atoms with Gasteiger partial charge in [-0.05, 0) is 161 Å². The Kier molecular flexibility index (Phi) is 76.3. The van der Waals surface area contributed by atoms with Crippen LogP contribution in [0.1, 0.15) is 336 Å². The highest BCUT2D eigenvalue weighted by Crippen LogP contribution is 2.45. The number of hydrogen-bond donors (Lipinski definition) is 3. The predicted octanol–water partition coefficient (Wildman–Crippen LogP) is 25.0. The van der Waals surface area contributed by atoms with Gasteiger partial charge < -0.3 is 33.8 Å². The molecule has 0 saturated carbocycles. The summed E-state index contributed by atoms with van der Waals surface area (Å²) in [5, 5.41) is 10.7. The number of carbonyl (C=O) groups is 4. The van der Waals surface area contributed by atoms with Gasteiger partial charge in [-0.25, -0.2) is 9.13 Å². The van der Waals surface area contributed by atoms with Crippen molar-refractivity contribution in [2.24, 2.45) is 0 Å². The van der Waals surface area contributed by atoms with Crippen molar-refractivity contribution in [3.63, 3.8) is 0 Å². The zero-order chi connectivity index (χ0) is 78.9. The number of carbonyl (C=O) groups excluding carboxylic acids is 4. The monoisotopic (exact) mass is 1550 g/mol. The smallest absolute Gasteiger partial charge is 0.462 e. The Hall–Kier alpha value is -5.06. The minimum atomic E-state index is -5.00. The lowest BCUT2D eigenvalue weighted by Gasteiger charge is -2.21. The number of esters is 4. The first-order chi connectivity index (χ1) is 52.7. The van der Waals surface area contributed by atoms with Crippen LogP contribution in [-0.4, -0.2) is 96.7 Å². The van der Waals surface area contributed by atoms with Crippen LogP contribution in [0.5, 0.6) is 0 Å². The van der Waals surface area contributed by atoms with Crippen molar-refractivity contribution in [1.82, 2.24) is 0 Å². The maximum atomic E-state index is 13.1. The topological polar surface area (TPSA) is 237 Å². The molecule has 17 nitrogen and oxygen atoms in total. The highest BCUT2D eigenvalue weighted by atomic mass is 31.2. The Bertz CT molecular complexity index is 2610. The molecule has 5 unspecified atom stereocenters. The van der Waals surface area contributed by atoms with Gasteiger partial charge in [-0.3, -0.25) is 37.3 Å². The van der Waals surface area contributed by atoms with Gasteiger partial charge in [-0.2, -0.15) is 0 Å². The third kappa shape index (κ3) is 79.0. The number of phosphoric acid groups is 2. The van der Waals surface area contributed by atoms with Gasteiger partial charge in [-0.15, -0.1) is 0 Å². The molecule has 0 heterocycles. The molecule has 0 amide bonds. The molecule has 0 aliphatic heterocycles. The van der Waals surface area contributed by atoms with E-state index in [4.69, 9.17) is 37.0 Å². The maximum absolute atomic E-state index is 13.1. The average molecular weight is 1550 g/mol. The van der Waals surface area contributed by atoms with Crippen LogP contribution in [0.25, 0.3) is 0 Å². The van der Waals surface area contributed by atoms with Crippen LogP contribution in [0.15, 0.2) is 146 Å². The largest absolute Gasteiger partial charge is 0.472 e. The number of ether oxygens (including phenoxy) is 4. The summed E-state index contributed by atoms with van der Waals surface area (Å²) >= 11 is 0. The molecule has 0 aromatic rings. The summed E-state index contributed by atoms with van der Waals surface area (Å²) in [5.74, 6) is -2.27. The normalized spacial score (nSPS) is 14.5. The van der Waals surface area contributed by atoms with Crippen LogP contribution in [0.2, 0.25) is 0 Å². The van der Waals surface area contributed by atoms with E-state index >= 15 is 0 Å². The van der Waals surface area contributed by atoms with Crippen LogP contribution < -0.4 is 0 Å². The molecule has 0 saturated heterocycles. The summed E-state index contributed by atoms with van der Waals surface area (Å²) < 4.78 is 68.7. The second-order valence-corrected chi connectivity index (χ2v) is 30.6. The number of phosphoric ester groups is 2. The molecule has 108 heavy (non-hydrogen) atoms. The van der Waals surface area contributed by atoms with Gasteiger partial charge in [0, 0.05) is 25.7 Å². The van der Waals surface area contributed by atoms with Gasteiger partial charge in [0.25, 0.3) is 0 Å². The average Bonchev–Trinajstić information content (AvgIpc) is 0.901. The molecule has 0 aliphatic carbocycles. The Labute approximate surface area is 656 Å². The first-order valence-corrected chi connectivity index (χ1v) is 45.1. The summed E-state index contributed by atoms with van der Waals surface area (Å²) in [6, 6.07) is 0. The summed E-state index contributed by atoms with van der Waals surface area (Å²) in [7, 11) is -10.00. The molecular formula is C89H150O17P2. The van der Waals surface area contributed by atoms with Crippen LogP contribution in [0, 0.1) is 0 Å². The standard InChI is InChI=1S/C89H150O17P2/c1-5-9-13-17-21-25-29-33-37-40-41-44-47-50-54-58-62-66-70-74-87(92)100-79-84(105-88(93)75-71-67-63-59-55-51-45-36-32-28-24-20-16-12-8-4)81-103-107(95,96)101-77-83(90)78-102-108(97,98)104-82-85(106-89(94)76-72-68-64-60-56-52-48-43-39-35-31-27-23-19-15-11-7-3)80-99-86(91)73-69-65-61-57-53-49-46-42-38-34-30-26-22-18-14-10-6-2/h10-11,14-15,21-23,25-27,33-39,41,44-46,49,57,61,83-85,90H,5-9,12-13,16-20,24,28-32,40,42-43,47-48,50-56,58-60,62-82H2,1-4H3,(H,95,96)(H,97,98)/b14-10-,15-11-,25-21-,26-22-,27-23-,37-33-,38-34-,39-35-,44-41-,45-36-,49-46-,61-57-. The van der Waals surface area contributed by atoms with Gasteiger partial charge in [0.05, 0.1) is 26.4 Å². The van der Waals surface area contributed by atoms with Crippen molar-refractivity contribution in [3.05, 3.63) is 146 Å². The van der Waals surface area contributed by atoms with Crippen LogP contribution in [0.4, 0.5) is 0 Å². The van der Waals surface area contributed by atoms with Gasteiger partial charge in [0.2, 0.25) is 0 Å². The van der Waals surface area contributed by atoms with Crippen molar-refractivity contribution in [2.45, 2.75) is 354 Å². The fourth-order valence-electron chi connectivity index (χ4n) is 10.9. The molecule has 19 heteroatoms. The fourth-order valence-corrected chi connectivity index (χ4v) is 12.5. The lowest BCUT2D eigenvalue weighted by atomic mass is 10.1. The zero-order valence-corrected chi connectivity index (χ0v) is 69.5. The minimum absolute atomic E-state index is 0.0672. The van der Waals surface area contributed by atoms with Crippen molar-refractivity contribution in [2.75, 3.05) is 39.6 Å².